The van der Waals surface area contributed by atoms with Gasteiger partial charge >= 0.3 is 6.18 Å². The smallest absolute Gasteiger partial charge is 0.387 e. The van der Waals surface area contributed by atoms with E-state index in [-0.39, 0.29) is 17.7 Å². The highest BCUT2D eigenvalue weighted by atomic mass is 19.4. The number of carbonyl (C=O) groups excluding carboxylic acids is 1. The topological polar surface area (TPSA) is 87.1 Å². The van der Waals surface area contributed by atoms with E-state index in [4.69, 9.17) is 0 Å². The van der Waals surface area contributed by atoms with Gasteiger partial charge in [-0.25, -0.2) is 9.97 Å². The number of alkyl halides is 3. The van der Waals surface area contributed by atoms with Crippen molar-refractivity contribution in [1.82, 2.24) is 15.3 Å². The quantitative estimate of drug-likeness (QED) is 0.741. The Kier molecular flexibility index (Phi) is 5.92. The highest BCUT2D eigenvalue weighted by molar-refractivity contribution is 5.93. The number of aromatic nitrogens is 2. The van der Waals surface area contributed by atoms with E-state index in [0.717, 1.165) is 12.1 Å². The van der Waals surface area contributed by atoms with E-state index >= 15 is 0 Å². The molecule has 0 bridgehead atoms. The lowest BCUT2D eigenvalue weighted by Crippen LogP contribution is -2.28. The standard InChI is InChI=1S/C16H17F3N4O2/c1-2-20-15-22-7-11(8-23-15)14(25)21-9-13(24)10-4-3-5-12(6-10)16(17,18)19/h3-8,13,24H,2,9H2,1H3,(H,21,25)(H,20,22,23)/t13-/m0/s1. The summed E-state index contributed by atoms with van der Waals surface area (Å²) in [6.07, 6.45) is -3.13. The molecule has 6 nitrogen and oxygen atoms in total. The van der Waals surface area contributed by atoms with Gasteiger partial charge in [-0.1, -0.05) is 12.1 Å². The average molecular weight is 354 g/mol. The van der Waals surface area contributed by atoms with E-state index < -0.39 is 23.8 Å². The summed E-state index contributed by atoms with van der Waals surface area (Å²) in [5, 5.41) is 15.3. The molecule has 1 aromatic heterocycles. The SMILES string of the molecule is CCNc1ncc(C(=O)NC[C@H](O)c2cccc(C(F)(F)F)c2)cn1. The highest BCUT2D eigenvalue weighted by Crippen LogP contribution is 2.30. The fourth-order valence-corrected chi connectivity index (χ4v) is 2.03. The first kappa shape index (κ1) is 18.7. The Labute approximate surface area is 142 Å². The minimum absolute atomic E-state index is 0.0638. The van der Waals surface area contributed by atoms with Crippen LogP contribution >= 0.6 is 0 Å². The molecule has 1 amide bonds. The summed E-state index contributed by atoms with van der Waals surface area (Å²) in [4.78, 5) is 19.9. The fourth-order valence-electron chi connectivity index (χ4n) is 2.03. The third-order valence-electron chi connectivity index (χ3n) is 3.30. The summed E-state index contributed by atoms with van der Waals surface area (Å²) in [7, 11) is 0. The fraction of sp³-hybridized carbons (Fsp3) is 0.312. The number of aliphatic hydroxyl groups excluding tert-OH is 1. The molecule has 0 radical (unpaired) electrons. The number of carbonyl (C=O) groups is 1. The predicted molar refractivity (Wildman–Crippen MR) is 84.9 cm³/mol. The second-order valence-electron chi connectivity index (χ2n) is 5.17. The van der Waals surface area contributed by atoms with Crippen molar-refractivity contribution in [2.24, 2.45) is 0 Å². The van der Waals surface area contributed by atoms with Crippen LogP contribution in [0.25, 0.3) is 0 Å². The summed E-state index contributed by atoms with van der Waals surface area (Å²) in [6, 6.07) is 4.33. The normalized spacial score (nSPS) is 12.5. The Morgan fingerprint density at radius 3 is 2.56 bits per heavy atom. The van der Waals surface area contributed by atoms with Crippen molar-refractivity contribution in [1.29, 1.82) is 0 Å². The van der Waals surface area contributed by atoms with Crippen LogP contribution < -0.4 is 10.6 Å². The van der Waals surface area contributed by atoms with Crippen LogP contribution in [-0.4, -0.2) is 34.1 Å². The maximum atomic E-state index is 12.7. The molecule has 3 N–H and O–H groups in total. The molecule has 0 saturated carbocycles. The number of benzene rings is 1. The number of hydrogen-bond acceptors (Lipinski definition) is 5. The summed E-state index contributed by atoms with van der Waals surface area (Å²) in [6.45, 7) is 2.27. The zero-order valence-corrected chi connectivity index (χ0v) is 13.3. The van der Waals surface area contributed by atoms with E-state index in [2.05, 4.69) is 20.6 Å². The Balaban J connectivity index is 1.97. The van der Waals surface area contributed by atoms with Gasteiger partial charge < -0.3 is 15.7 Å². The number of hydrogen-bond donors (Lipinski definition) is 3. The molecular formula is C16H17F3N4O2. The number of amides is 1. The Hall–Kier alpha value is -2.68. The van der Waals surface area contributed by atoms with Crippen molar-refractivity contribution < 1.29 is 23.1 Å². The highest BCUT2D eigenvalue weighted by Gasteiger charge is 2.30. The van der Waals surface area contributed by atoms with Crippen LogP contribution in [0.15, 0.2) is 36.7 Å². The summed E-state index contributed by atoms with van der Waals surface area (Å²) >= 11 is 0. The lowest BCUT2D eigenvalue weighted by Gasteiger charge is -2.14. The molecule has 134 valence electrons. The van der Waals surface area contributed by atoms with Gasteiger partial charge in [-0.15, -0.1) is 0 Å². The summed E-state index contributed by atoms with van der Waals surface area (Å²) in [5.74, 6) is -0.155. The molecule has 1 atom stereocenters. The molecule has 0 aliphatic heterocycles. The van der Waals surface area contributed by atoms with Crippen LogP contribution in [-0.2, 0) is 6.18 Å². The van der Waals surface area contributed by atoms with Gasteiger partial charge in [0.2, 0.25) is 5.95 Å². The molecule has 0 aliphatic rings. The van der Waals surface area contributed by atoms with E-state index in [1.165, 1.54) is 24.5 Å². The zero-order chi connectivity index (χ0) is 18.4. The molecule has 2 aromatic rings. The summed E-state index contributed by atoms with van der Waals surface area (Å²) < 4.78 is 38.1. The Bertz CT molecular complexity index is 720. The van der Waals surface area contributed by atoms with Crippen molar-refractivity contribution in [2.75, 3.05) is 18.4 Å². The molecule has 0 unspecified atom stereocenters. The number of nitrogens with one attached hydrogen (secondary N) is 2. The molecule has 0 aliphatic carbocycles. The molecule has 2 rings (SSSR count). The number of halogens is 3. The number of rotatable bonds is 6. The maximum absolute atomic E-state index is 12.7. The van der Waals surface area contributed by atoms with Gasteiger partial charge in [-0.3, -0.25) is 4.79 Å². The number of aliphatic hydroxyl groups is 1. The third-order valence-corrected chi connectivity index (χ3v) is 3.30. The van der Waals surface area contributed by atoms with Crippen LogP contribution in [0.4, 0.5) is 19.1 Å². The van der Waals surface area contributed by atoms with E-state index in [9.17, 15) is 23.1 Å². The third kappa shape index (κ3) is 5.15. The molecule has 1 aromatic carbocycles. The number of anilines is 1. The molecule has 25 heavy (non-hydrogen) atoms. The van der Waals surface area contributed by atoms with Crippen molar-refractivity contribution >= 4 is 11.9 Å². The minimum atomic E-state index is -4.50. The van der Waals surface area contributed by atoms with E-state index in [1.807, 2.05) is 6.92 Å². The van der Waals surface area contributed by atoms with Gasteiger partial charge in [-0.05, 0) is 24.6 Å². The Morgan fingerprint density at radius 2 is 1.96 bits per heavy atom. The van der Waals surface area contributed by atoms with Crippen LogP contribution in [0.1, 0.15) is 34.5 Å². The van der Waals surface area contributed by atoms with Gasteiger partial charge in [0.25, 0.3) is 5.91 Å². The largest absolute Gasteiger partial charge is 0.416 e. The number of nitrogens with zero attached hydrogens (tertiary/aromatic N) is 2. The van der Waals surface area contributed by atoms with Crippen LogP contribution in [0, 0.1) is 0 Å². The molecule has 0 spiro atoms. The Morgan fingerprint density at radius 1 is 1.28 bits per heavy atom. The zero-order valence-electron chi connectivity index (χ0n) is 13.3. The van der Waals surface area contributed by atoms with Gasteiger partial charge in [0.15, 0.2) is 0 Å². The molecule has 9 heteroatoms. The van der Waals surface area contributed by atoms with Gasteiger partial charge in [-0.2, -0.15) is 13.2 Å². The van der Waals surface area contributed by atoms with Crippen LogP contribution in [0.3, 0.4) is 0 Å². The lowest BCUT2D eigenvalue weighted by molar-refractivity contribution is -0.137. The lowest BCUT2D eigenvalue weighted by atomic mass is 10.1. The van der Waals surface area contributed by atoms with E-state index in [0.29, 0.717) is 12.5 Å². The first-order valence-corrected chi connectivity index (χ1v) is 7.50. The second kappa shape index (κ2) is 7.93. The van der Waals surface area contributed by atoms with Crippen LogP contribution in [0.2, 0.25) is 0 Å². The second-order valence-corrected chi connectivity index (χ2v) is 5.17. The molecule has 1 heterocycles. The van der Waals surface area contributed by atoms with Gasteiger partial charge in [0.05, 0.1) is 17.2 Å². The van der Waals surface area contributed by atoms with Crippen molar-refractivity contribution in [3.8, 4) is 0 Å². The monoisotopic (exact) mass is 354 g/mol. The van der Waals surface area contributed by atoms with Gasteiger partial charge in [0.1, 0.15) is 0 Å². The van der Waals surface area contributed by atoms with E-state index in [1.54, 1.807) is 0 Å². The maximum Gasteiger partial charge on any atom is 0.416 e. The first-order valence-electron chi connectivity index (χ1n) is 7.50. The first-order chi connectivity index (χ1) is 11.8. The summed E-state index contributed by atoms with van der Waals surface area (Å²) in [5.41, 5.74) is -0.616. The average Bonchev–Trinajstić information content (AvgIpc) is 2.59. The van der Waals surface area contributed by atoms with Crippen molar-refractivity contribution in [3.63, 3.8) is 0 Å². The minimum Gasteiger partial charge on any atom is -0.387 e. The predicted octanol–water partition coefficient (Wildman–Crippen LogP) is 2.39. The molecular weight excluding hydrogens is 337 g/mol. The van der Waals surface area contributed by atoms with Crippen molar-refractivity contribution in [3.05, 3.63) is 53.3 Å². The van der Waals surface area contributed by atoms with Crippen LogP contribution in [0.5, 0.6) is 0 Å². The molecule has 0 saturated heterocycles. The molecule has 0 fully saturated rings. The van der Waals surface area contributed by atoms with Gasteiger partial charge in [0, 0.05) is 25.5 Å². The van der Waals surface area contributed by atoms with Crippen molar-refractivity contribution in [2.45, 2.75) is 19.2 Å².